The number of carbonyl (C=O) groups is 1. The van der Waals surface area contributed by atoms with Crippen molar-refractivity contribution in [1.29, 1.82) is 0 Å². The topological polar surface area (TPSA) is 46.3 Å². The fraction of sp³-hybridized carbons (Fsp3) is 0.462. The quantitative estimate of drug-likeness (QED) is 0.905. The van der Waals surface area contributed by atoms with Crippen LogP contribution in [0.15, 0.2) is 18.2 Å². The number of amides is 1. The van der Waals surface area contributed by atoms with Crippen molar-refractivity contribution in [3.05, 3.63) is 33.8 Å². The monoisotopic (exact) mass is 288 g/mol. The molecule has 1 rings (SSSR count). The van der Waals surface area contributed by atoms with Crippen LogP contribution in [0.4, 0.5) is 0 Å². The van der Waals surface area contributed by atoms with Crippen LogP contribution >= 0.6 is 23.2 Å². The Hall–Kier alpha value is -0.770. The molecule has 0 radical (unpaired) electrons. The van der Waals surface area contributed by atoms with Crippen LogP contribution in [0.5, 0.6) is 0 Å². The number of rotatable bonds is 5. The summed E-state index contributed by atoms with van der Waals surface area (Å²) in [5.41, 5.74) is 6.62. The van der Waals surface area contributed by atoms with Gasteiger partial charge >= 0.3 is 0 Å². The smallest absolute Gasteiger partial charge is 0.239 e. The molecule has 100 valence electrons. The highest BCUT2D eigenvalue weighted by atomic mass is 35.5. The molecule has 1 aromatic carbocycles. The SMILES string of the molecule is CCC[C@H](N)C(=O)N(C)Cc1cccc(Cl)c1Cl. The summed E-state index contributed by atoms with van der Waals surface area (Å²) in [5, 5.41) is 0.982. The molecule has 0 fully saturated rings. The van der Waals surface area contributed by atoms with Gasteiger partial charge in [-0.2, -0.15) is 0 Å². The first-order chi connectivity index (χ1) is 8.47. The molecule has 0 bridgehead atoms. The largest absolute Gasteiger partial charge is 0.340 e. The first-order valence-electron chi connectivity index (χ1n) is 5.90. The van der Waals surface area contributed by atoms with Crippen LogP contribution in [-0.4, -0.2) is 23.9 Å². The highest BCUT2D eigenvalue weighted by Crippen LogP contribution is 2.26. The Balaban J connectivity index is 2.72. The molecule has 0 saturated carbocycles. The van der Waals surface area contributed by atoms with Crippen molar-refractivity contribution in [2.45, 2.75) is 32.4 Å². The van der Waals surface area contributed by atoms with E-state index in [1.807, 2.05) is 19.1 Å². The molecular weight excluding hydrogens is 271 g/mol. The molecular formula is C13H18Cl2N2O. The maximum absolute atomic E-state index is 12.0. The summed E-state index contributed by atoms with van der Waals surface area (Å²) in [6.07, 6.45) is 1.57. The Labute approximate surface area is 118 Å². The summed E-state index contributed by atoms with van der Waals surface area (Å²) in [4.78, 5) is 13.5. The van der Waals surface area contributed by atoms with Gasteiger partial charge in [-0.25, -0.2) is 0 Å². The first kappa shape index (κ1) is 15.3. The van der Waals surface area contributed by atoms with Crippen LogP contribution in [0.3, 0.4) is 0 Å². The maximum atomic E-state index is 12.0. The molecule has 1 atom stereocenters. The normalized spacial score (nSPS) is 12.3. The lowest BCUT2D eigenvalue weighted by Gasteiger charge is -2.21. The number of benzene rings is 1. The van der Waals surface area contributed by atoms with E-state index in [2.05, 4.69) is 0 Å². The summed E-state index contributed by atoms with van der Waals surface area (Å²) in [6.45, 7) is 2.41. The number of carbonyl (C=O) groups excluding carboxylic acids is 1. The van der Waals surface area contributed by atoms with Gasteiger partial charge in [0.1, 0.15) is 0 Å². The molecule has 0 unspecified atom stereocenters. The van der Waals surface area contributed by atoms with Gasteiger partial charge in [0.25, 0.3) is 0 Å². The van der Waals surface area contributed by atoms with E-state index in [0.29, 0.717) is 23.0 Å². The molecule has 0 saturated heterocycles. The average molecular weight is 289 g/mol. The lowest BCUT2D eigenvalue weighted by Crippen LogP contribution is -2.41. The summed E-state index contributed by atoms with van der Waals surface area (Å²) in [5.74, 6) is -0.0760. The minimum Gasteiger partial charge on any atom is -0.340 e. The van der Waals surface area contributed by atoms with Crippen molar-refractivity contribution >= 4 is 29.1 Å². The molecule has 5 heteroatoms. The van der Waals surface area contributed by atoms with Crippen LogP contribution in [0.25, 0.3) is 0 Å². The zero-order valence-corrected chi connectivity index (χ0v) is 12.1. The van der Waals surface area contributed by atoms with Gasteiger partial charge in [0.2, 0.25) is 5.91 Å². The van der Waals surface area contributed by atoms with Crippen molar-refractivity contribution in [3.8, 4) is 0 Å². The lowest BCUT2D eigenvalue weighted by molar-refractivity contribution is -0.131. The van der Waals surface area contributed by atoms with Crippen molar-refractivity contribution in [3.63, 3.8) is 0 Å². The molecule has 0 aliphatic heterocycles. The molecule has 2 N–H and O–H groups in total. The third-order valence-electron chi connectivity index (χ3n) is 2.73. The lowest BCUT2D eigenvalue weighted by atomic mass is 10.1. The molecule has 1 aromatic rings. The van der Waals surface area contributed by atoms with Crippen molar-refractivity contribution in [2.75, 3.05) is 7.05 Å². The molecule has 18 heavy (non-hydrogen) atoms. The number of hydrogen-bond acceptors (Lipinski definition) is 2. The van der Waals surface area contributed by atoms with Crippen LogP contribution < -0.4 is 5.73 Å². The highest BCUT2D eigenvalue weighted by Gasteiger charge is 2.18. The highest BCUT2D eigenvalue weighted by molar-refractivity contribution is 6.42. The van der Waals surface area contributed by atoms with E-state index in [1.165, 1.54) is 0 Å². The van der Waals surface area contributed by atoms with Crippen molar-refractivity contribution < 1.29 is 4.79 Å². The number of likely N-dealkylation sites (N-methyl/N-ethyl adjacent to an activating group) is 1. The molecule has 0 aliphatic rings. The van der Waals surface area contributed by atoms with Crippen LogP contribution in [0, 0.1) is 0 Å². The molecule has 0 aromatic heterocycles. The van der Waals surface area contributed by atoms with E-state index in [4.69, 9.17) is 28.9 Å². The van der Waals surface area contributed by atoms with E-state index in [0.717, 1.165) is 12.0 Å². The van der Waals surface area contributed by atoms with Gasteiger partial charge in [-0.3, -0.25) is 4.79 Å². The van der Waals surface area contributed by atoms with E-state index in [9.17, 15) is 4.79 Å². The summed E-state index contributed by atoms with van der Waals surface area (Å²) < 4.78 is 0. The number of hydrogen-bond donors (Lipinski definition) is 1. The van der Waals surface area contributed by atoms with Gasteiger partial charge in [0.05, 0.1) is 16.1 Å². The van der Waals surface area contributed by atoms with Crippen molar-refractivity contribution in [1.82, 2.24) is 4.90 Å². The van der Waals surface area contributed by atoms with Gasteiger partial charge in [0.15, 0.2) is 0 Å². The molecule has 3 nitrogen and oxygen atoms in total. The Morgan fingerprint density at radius 2 is 2.11 bits per heavy atom. The van der Waals surface area contributed by atoms with E-state index >= 15 is 0 Å². The summed E-state index contributed by atoms with van der Waals surface area (Å²) in [7, 11) is 1.72. The van der Waals surface area contributed by atoms with Gasteiger partial charge in [0, 0.05) is 13.6 Å². The van der Waals surface area contributed by atoms with E-state index in [-0.39, 0.29) is 5.91 Å². The van der Waals surface area contributed by atoms with Crippen LogP contribution in [-0.2, 0) is 11.3 Å². The Bertz CT molecular complexity index is 423. The average Bonchev–Trinajstić information content (AvgIpc) is 2.34. The third-order valence-corrected chi connectivity index (χ3v) is 3.59. The zero-order valence-electron chi connectivity index (χ0n) is 10.6. The first-order valence-corrected chi connectivity index (χ1v) is 6.66. The van der Waals surface area contributed by atoms with Crippen molar-refractivity contribution in [2.24, 2.45) is 5.73 Å². The van der Waals surface area contributed by atoms with E-state index < -0.39 is 6.04 Å². The number of nitrogens with two attached hydrogens (primary N) is 1. The fourth-order valence-corrected chi connectivity index (χ4v) is 2.10. The van der Waals surface area contributed by atoms with Gasteiger partial charge in [-0.05, 0) is 18.1 Å². The molecule has 0 spiro atoms. The van der Waals surface area contributed by atoms with Gasteiger partial charge in [-0.1, -0.05) is 48.7 Å². The second-order valence-electron chi connectivity index (χ2n) is 4.30. The zero-order chi connectivity index (χ0) is 13.7. The van der Waals surface area contributed by atoms with E-state index in [1.54, 1.807) is 18.0 Å². The minimum atomic E-state index is -0.446. The van der Waals surface area contributed by atoms with Crippen LogP contribution in [0.2, 0.25) is 10.0 Å². The van der Waals surface area contributed by atoms with Crippen LogP contribution in [0.1, 0.15) is 25.3 Å². The predicted octanol–water partition coefficient (Wildman–Crippen LogP) is 3.08. The van der Waals surface area contributed by atoms with Gasteiger partial charge < -0.3 is 10.6 Å². The Kier molecular flexibility index (Phi) is 5.93. The standard InChI is InChI=1S/C13H18Cl2N2O/c1-3-5-11(16)13(18)17(2)8-9-6-4-7-10(14)12(9)15/h4,6-7,11H,3,5,8,16H2,1-2H3/t11-/m0/s1. The Morgan fingerprint density at radius 1 is 1.44 bits per heavy atom. The minimum absolute atomic E-state index is 0.0760. The molecule has 0 aliphatic carbocycles. The molecule has 0 heterocycles. The summed E-state index contributed by atoms with van der Waals surface area (Å²) in [6, 6.07) is 4.94. The second kappa shape index (κ2) is 6.98. The number of halogens is 2. The fourth-order valence-electron chi connectivity index (χ4n) is 1.72. The number of nitrogens with zero attached hydrogens (tertiary/aromatic N) is 1. The van der Waals surface area contributed by atoms with Gasteiger partial charge in [-0.15, -0.1) is 0 Å². The predicted molar refractivity (Wildman–Crippen MR) is 75.8 cm³/mol. The maximum Gasteiger partial charge on any atom is 0.239 e. The summed E-state index contributed by atoms with van der Waals surface area (Å²) >= 11 is 12.0. The Morgan fingerprint density at radius 3 is 2.72 bits per heavy atom. The third kappa shape index (κ3) is 3.87. The molecule has 1 amide bonds. The second-order valence-corrected chi connectivity index (χ2v) is 5.09.